The van der Waals surface area contributed by atoms with Crippen LogP contribution in [-0.4, -0.2) is 18.8 Å². The van der Waals surface area contributed by atoms with Gasteiger partial charge in [0.1, 0.15) is 5.69 Å². The van der Waals surface area contributed by atoms with Gasteiger partial charge in [0.2, 0.25) is 0 Å². The van der Waals surface area contributed by atoms with Gasteiger partial charge in [-0.05, 0) is 50.9 Å². The Bertz CT molecular complexity index is 480. The molecule has 1 fully saturated rings. The van der Waals surface area contributed by atoms with Crippen molar-refractivity contribution < 1.29 is 0 Å². The number of hydrogen-bond donors (Lipinski definition) is 3. The number of nitrogens with two attached hydrogens (primary N) is 1. The molecule has 0 bridgehead atoms. The minimum Gasteiger partial charge on any atom is -0.397 e. The monoisotopic (exact) mass is 333 g/mol. The minimum absolute atomic E-state index is 0.521. The molecule has 1 heterocycles. The van der Waals surface area contributed by atoms with Gasteiger partial charge in [-0.3, -0.25) is 4.99 Å². The van der Waals surface area contributed by atoms with E-state index >= 15 is 0 Å². The third-order valence-corrected chi connectivity index (χ3v) is 3.10. The highest BCUT2D eigenvalue weighted by atomic mass is 15.0. The second-order valence-corrected chi connectivity index (χ2v) is 4.56. The summed E-state index contributed by atoms with van der Waals surface area (Å²) in [6.07, 6.45) is 6.26. The lowest BCUT2D eigenvalue weighted by molar-refractivity contribution is 0.515. The largest absolute Gasteiger partial charge is 0.397 e. The summed E-state index contributed by atoms with van der Waals surface area (Å²) in [5, 5.41) is 6.59. The van der Waals surface area contributed by atoms with Crippen LogP contribution >= 0.6 is 0 Å². The molecular formula is C19H35N5. The van der Waals surface area contributed by atoms with E-state index < -0.39 is 0 Å². The molecule has 2 rings (SSSR count). The standard InChI is InChI=1S/C9H16N2.C6H7N3.2C2H6/c1-3-10-7-9-5-4-6-11-8(9)2;7-5-3-1-2-4-6(5)9-8;2*1-2/h3,7-8,11H,4-6H2,1-2H3;1-4,8H,7H2;2*1-2H3/b9-7-,10-3?;;;. The summed E-state index contributed by atoms with van der Waals surface area (Å²) < 4.78 is 0. The zero-order valence-corrected chi connectivity index (χ0v) is 16.1. The molecule has 0 aliphatic carbocycles. The van der Waals surface area contributed by atoms with Crippen LogP contribution in [-0.2, 0) is 0 Å². The van der Waals surface area contributed by atoms with Crippen LogP contribution in [0.25, 0.3) is 0 Å². The van der Waals surface area contributed by atoms with Crippen LogP contribution in [0.5, 0.6) is 0 Å². The van der Waals surface area contributed by atoms with Gasteiger partial charge in [-0.15, -0.1) is 0 Å². The molecule has 0 saturated carbocycles. The fraction of sp³-hybridized carbons (Fsp3) is 0.526. The molecule has 5 heteroatoms. The third-order valence-electron chi connectivity index (χ3n) is 3.10. The number of nitrogens with zero attached hydrogens (tertiary/aromatic N) is 2. The van der Waals surface area contributed by atoms with Gasteiger partial charge in [0.05, 0.1) is 5.69 Å². The van der Waals surface area contributed by atoms with Gasteiger partial charge >= 0.3 is 0 Å². The summed E-state index contributed by atoms with van der Waals surface area (Å²) in [4.78, 5) is 4.12. The first-order valence-corrected chi connectivity index (χ1v) is 8.81. The Hall–Kier alpha value is -2.01. The van der Waals surface area contributed by atoms with Gasteiger partial charge in [-0.1, -0.05) is 39.8 Å². The predicted octanol–water partition coefficient (Wildman–Crippen LogP) is 5.72. The Labute approximate surface area is 148 Å². The Kier molecular flexibility index (Phi) is 17.5. The minimum atomic E-state index is 0.521. The van der Waals surface area contributed by atoms with Crippen molar-refractivity contribution in [2.24, 2.45) is 10.1 Å². The Morgan fingerprint density at radius 1 is 1.21 bits per heavy atom. The number of benzene rings is 1. The summed E-state index contributed by atoms with van der Waals surface area (Å²) in [6.45, 7) is 13.3. The maximum atomic E-state index is 6.63. The molecule has 1 aliphatic heterocycles. The number of para-hydroxylation sites is 2. The first-order chi connectivity index (χ1) is 11.7. The normalized spacial score (nSPS) is 17.6. The average Bonchev–Trinajstić information content (AvgIpc) is 2.65. The molecule has 1 unspecified atom stereocenters. The molecule has 24 heavy (non-hydrogen) atoms. The molecule has 1 aliphatic rings. The molecule has 1 atom stereocenters. The number of piperidine rings is 1. The van der Waals surface area contributed by atoms with Gasteiger partial charge in [0, 0.05) is 18.5 Å². The number of nitrogens with one attached hydrogen (secondary N) is 2. The first-order valence-electron chi connectivity index (χ1n) is 8.81. The van der Waals surface area contributed by atoms with Crippen LogP contribution < -0.4 is 11.1 Å². The highest BCUT2D eigenvalue weighted by molar-refractivity contribution is 5.60. The van der Waals surface area contributed by atoms with E-state index in [0.29, 0.717) is 17.4 Å². The Morgan fingerprint density at radius 3 is 2.29 bits per heavy atom. The molecule has 1 aromatic rings. The van der Waals surface area contributed by atoms with Crippen molar-refractivity contribution in [3.63, 3.8) is 0 Å². The quantitative estimate of drug-likeness (QED) is 0.367. The smallest absolute Gasteiger partial charge is 0.108 e. The van der Waals surface area contributed by atoms with Gasteiger partial charge in [-0.25, -0.2) is 5.53 Å². The van der Waals surface area contributed by atoms with Crippen molar-refractivity contribution in [2.75, 3.05) is 12.3 Å². The molecule has 0 radical (unpaired) electrons. The third kappa shape index (κ3) is 10.7. The van der Waals surface area contributed by atoms with Crippen LogP contribution in [0.2, 0.25) is 0 Å². The summed E-state index contributed by atoms with van der Waals surface area (Å²) in [6, 6.07) is 7.54. The Balaban J connectivity index is 0. The highest BCUT2D eigenvalue weighted by Crippen LogP contribution is 2.19. The number of hydrogen-bond acceptors (Lipinski definition) is 5. The van der Waals surface area contributed by atoms with E-state index in [1.165, 1.54) is 18.4 Å². The van der Waals surface area contributed by atoms with Crippen LogP contribution in [0.15, 0.2) is 46.1 Å². The zero-order chi connectivity index (χ0) is 18.8. The molecule has 136 valence electrons. The lowest BCUT2D eigenvalue weighted by Crippen LogP contribution is -2.33. The first kappa shape index (κ1) is 24.2. The van der Waals surface area contributed by atoms with E-state index in [9.17, 15) is 0 Å². The van der Waals surface area contributed by atoms with Crippen molar-refractivity contribution in [3.05, 3.63) is 36.0 Å². The maximum Gasteiger partial charge on any atom is 0.108 e. The van der Waals surface area contributed by atoms with Crippen LogP contribution in [0.1, 0.15) is 54.4 Å². The van der Waals surface area contributed by atoms with Gasteiger partial charge < -0.3 is 11.1 Å². The van der Waals surface area contributed by atoms with E-state index in [-0.39, 0.29) is 0 Å². The lowest BCUT2D eigenvalue weighted by atomic mass is 10.0. The van der Waals surface area contributed by atoms with E-state index in [2.05, 4.69) is 22.3 Å². The number of rotatable bonds is 2. The van der Waals surface area contributed by atoms with Crippen molar-refractivity contribution in [3.8, 4) is 0 Å². The topological polar surface area (TPSA) is 86.6 Å². The summed E-state index contributed by atoms with van der Waals surface area (Å²) in [7, 11) is 0. The molecular weight excluding hydrogens is 298 g/mol. The maximum absolute atomic E-state index is 6.63. The van der Waals surface area contributed by atoms with E-state index in [1.54, 1.807) is 18.2 Å². The fourth-order valence-electron chi connectivity index (χ4n) is 1.89. The van der Waals surface area contributed by atoms with Gasteiger partial charge in [0.15, 0.2) is 0 Å². The van der Waals surface area contributed by atoms with Gasteiger partial charge in [0.25, 0.3) is 0 Å². The van der Waals surface area contributed by atoms with Crippen molar-refractivity contribution in [1.82, 2.24) is 5.32 Å². The number of aliphatic imine (C=N–C) groups is 1. The average molecular weight is 334 g/mol. The van der Waals surface area contributed by atoms with E-state index in [1.807, 2.05) is 53.1 Å². The molecule has 5 nitrogen and oxygen atoms in total. The molecule has 4 N–H and O–H groups in total. The van der Waals surface area contributed by atoms with Gasteiger partial charge in [-0.2, -0.15) is 5.11 Å². The zero-order valence-electron chi connectivity index (χ0n) is 16.1. The van der Waals surface area contributed by atoms with Crippen LogP contribution in [0.4, 0.5) is 11.4 Å². The van der Waals surface area contributed by atoms with Crippen molar-refractivity contribution in [2.45, 2.75) is 60.4 Å². The summed E-state index contributed by atoms with van der Waals surface area (Å²) in [5.41, 5.74) is 14.5. The van der Waals surface area contributed by atoms with Crippen molar-refractivity contribution in [1.29, 1.82) is 5.53 Å². The second-order valence-electron chi connectivity index (χ2n) is 4.56. The SMILES string of the molecule is CC.CC.CC=N/C=C1/CCCNC1C.N=Nc1ccccc1N. The Morgan fingerprint density at radius 2 is 1.83 bits per heavy atom. The lowest BCUT2D eigenvalue weighted by Gasteiger charge is -2.22. The molecule has 1 saturated heterocycles. The number of anilines is 1. The second kappa shape index (κ2) is 17.3. The van der Waals surface area contributed by atoms with E-state index in [4.69, 9.17) is 11.3 Å². The van der Waals surface area contributed by atoms with Crippen LogP contribution in [0.3, 0.4) is 0 Å². The van der Waals surface area contributed by atoms with Crippen molar-refractivity contribution >= 4 is 17.6 Å². The van der Waals surface area contributed by atoms with Crippen LogP contribution in [0, 0.1) is 5.53 Å². The molecule has 0 spiro atoms. The molecule has 0 amide bonds. The number of nitrogen functional groups attached to an aromatic ring is 1. The molecule has 1 aromatic carbocycles. The summed E-state index contributed by atoms with van der Waals surface area (Å²) >= 11 is 0. The highest BCUT2D eigenvalue weighted by Gasteiger charge is 2.11. The predicted molar refractivity (Wildman–Crippen MR) is 107 cm³/mol. The summed E-state index contributed by atoms with van der Waals surface area (Å²) in [5.74, 6) is 0. The fourth-order valence-corrected chi connectivity index (χ4v) is 1.89. The van der Waals surface area contributed by atoms with E-state index in [0.717, 1.165) is 6.54 Å². The molecule has 0 aromatic heterocycles.